The summed E-state index contributed by atoms with van der Waals surface area (Å²) in [6.45, 7) is 10.3. The van der Waals surface area contributed by atoms with Gasteiger partial charge in [-0.15, -0.1) is 0 Å². The summed E-state index contributed by atoms with van der Waals surface area (Å²) in [7, 11) is 0. The molecule has 116 valence electrons. The summed E-state index contributed by atoms with van der Waals surface area (Å²) >= 11 is 0. The second-order valence-electron chi connectivity index (χ2n) is 6.65. The third-order valence-corrected chi connectivity index (χ3v) is 5.16. The zero-order valence-corrected chi connectivity index (χ0v) is 14.0. The van der Waals surface area contributed by atoms with E-state index in [0.717, 1.165) is 19.5 Å². The van der Waals surface area contributed by atoms with E-state index in [0.29, 0.717) is 18.1 Å². The number of hydrogen-bond acceptors (Lipinski definition) is 2. The number of fused-ring (bicyclic) bond motifs is 1. The molecule has 0 saturated carbocycles. The van der Waals surface area contributed by atoms with Crippen LogP contribution in [0.1, 0.15) is 64.0 Å². The Labute approximate surface area is 129 Å². The van der Waals surface area contributed by atoms with Crippen molar-refractivity contribution in [1.29, 1.82) is 0 Å². The lowest BCUT2D eigenvalue weighted by atomic mass is 9.78. The molecule has 0 saturated heterocycles. The number of carbonyl (C=O) groups excluding carboxylic acids is 1. The molecule has 1 unspecified atom stereocenters. The standard InChI is InChI=1S/C19H29NO/c1-5-20(6-2)19(3,4)18(21)14-16-12-9-11-15-10-7-8-13-17(15)16/h7-8,10,13,16H,5-6,9,11-12,14H2,1-4H3. The summed E-state index contributed by atoms with van der Waals surface area (Å²) in [6, 6.07) is 8.67. The molecule has 0 spiro atoms. The van der Waals surface area contributed by atoms with Crippen LogP contribution in [0, 0.1) is 0 Å². The van der Waals surface area contributed by atoms with E-state index in [1.54, 1.807) is 0 Å². The maximum absolute atomic E-state index is 12.9. The van der Waals surface area contributed by atoms with Crippen LogP contribution in [0.25, 0.3) is 0 Å². The lowest BCUT2D eigenvalue weighted by molar-refractivity contribution is -0.129. The summed E-state index contributed by atoms with van der Waals surface area (Å²) in [6.07, 6.45) is 4.21. The first-order chi connectivity index (χ1) is 10.0. The van der Waals surface area contributed by atoms with Crippen molar-refractivity contribution in [3.8, 4) is 0 Å². The van der Waals surface area contributed by atoms with Gasteiger partial charge < -0.3 is 0 Å². The quantitative estimate of drug-likeness (QED) is 0.782. The molecule has 0 aromatic heterocycles. The number of nitrogens with zero attached hydrogens (tertiary/aromatic N) is 1. The van der Waals surface area contributed by atoms with Crippen molar-refractivity contribution in [3.63, 3.8) is 0 Å². The van der Waals surface area contributed by atoms with E-state index in [9.17, 15) is 4.79 Å². The fourth-order valence-corrected chi connectivity index (χ4v) is 3.73. The van der Waals surface area contributed by atoms with E-state index in [1.165, 1.54) is 24.0 Å². The molecular formula is C19H29NO. The Morgan fingerprint density at radius 2 is 1.90 bits per heavy atom. The molecule has 2 nitrogen and oxygen atoms in total. The van der Waals surface area contributed by atoms with E-state index in [1.807, 2.05) is 0 Å². The lowest BCUT2D eigenvalue weighted by Gasteiger charge is -2.37. The number of aryl methyl sites for hydroxylation is 1. The molecule has 1 aliphatic carbocycles. The Bertz CT molecular complexity index is 488. The molecule has 1 atom stereocenters. The monoisotopic (exact) mass is 287 g/mol. The molecule has 0 amide bonds. The van der Waals surface area contributed by atoms with Gasteiger partial charge in [0.2, 0.25) is 0 Å². The van der Waals surface area contributed by atoms with Crippen LogP contribution in [0.4, 0.5) is 0 Å². The third-order valence-electron chi connectivity index (χ3n) is 5.16. The number of rotatable bonds is 6. The van der Waals surface area contributed by atoms with Crippen LogP contribution in [0.3, 0.4) is 0 Å². The molecule has 0 N–H and O–H groups in total. The predicted molar refractivity (Wildman–Crippen MR) is 88.7 cm³/mol. The summed E-state index contributed by atoms with van der Waals surface area (Å²) in [4.78, 5) is 15.1. The second kappa shape index (κ2) is 6.74. The van der Waals surface area contributed by atoms with Crippen LogP contribution in [-0.2, 0) is 11.2 Å². The van der Waals surface area contributed by atoms with E-state index < -0.39 is 0 Å². The van der Waals surface area contributed by atoms with Crippen LogP contribution in [0.2, 0.25) is 0 Å². The zero-order valence-electron chi connectivity index (χ0n) is 14.0. The number of Topliss-reactive ketones (excluding diaryl/α,β-unsaturated/α-hetero) is 1. The molecular weight excluding hydrogens is 258 g/mol. The summed E-state index contributed by atoms with van der Waals surface area (Å²) in [5.41, 5.74) is 2.50. The average molecular weight is 287 g/mol. The molecule has 0 radical (unpaired) electrons. The van der Waals surface area contributed by atoms with Crippen molar-refractivity contribution >= 4 is 5.78 Å². The highest BCUT2D eigenvalue weighted by Crippen LogP contribution is 2.35. The number of likely N-dealkylation sites (N-methyl/N-ethyl adjacent to an activating group) is 1. The molecule has 1 aromatic rings. The number of hydrogen-bond donors (Lipinski definition) is 0. The SMILES string of the molecule is CCN(CC)C(C)(C)C(=O)CC1CCCc2ccccc21. The second-order valence-corrected chi connectivity index (χ2v) is 6.65. The topological polar surface area (TPSA) is 20.3 Å². The third kappa shape index (κ3) is 3.37. The Kier molecular flexibility index (Phi) is 5.21. The molecule has 0 heterocycles. The van der Waals surface area contributed by atoms with Gasteiger partial charge in [0.15, 0.2) is 5.78 Å². The molecule has 0 aliphatic heterocycles. The van der Waals surface area contributed by atoms with Crippen LogP contribution in [0.5, 0.6) is 0 Å². The van der Waals surface area contributed by atoms with Gasteiger partial charge in [-0.1, -0.05) is 38.1 Å². The number of ketones is 1. The van der Waals surface area contributed by atoms with Gasteiger partial charge in [-0.25, -0.2) is 0 Å². The first kappa shape index (κ1) is 16.2. The van der Waals surface area contributed by atoms with Crippen molar-refractivity contribution in [1.82, 2.24) is 4.90 Å². The zero-order chi connectivity index (χ0) is 15.5. The fourth-order valence-electron chi connectivity index (χ4n) is 3.73. The van der Waals surface area contributed by atoms with Crippen LogP contribution in [0.15, 0.2) is 24.3 Å². The number of benzene rings is 1. The minimum Gasteiger partial charge on any atom is -0.298 e. The minimum atomic E-state index is -0.351. The average Bonchev–Trinajstić information content (AvgIpc) is 2.48. The maximum atomic E-state index is 12.9. The van der Waals surface area contributed by atoms with Gasteiger partial charge in [0.05, 0.1) is 5.54 Å². The Morgan fingerprint density at radius 1 is 1.24 bits per heavy atom. The Hall–Kier alpha value is -1.15. The smallest absolute Gasteiger partial charge is 0.153 e. The molecule has 21 heavy (non-hydrogen) atoms. The van der Waals surface area contributed by atoms with Gasteiger partial charge in [-0.3, -0.25) is 9.69 Å². The van der Waals surface area contributed by atoms with Gasteiger partial charge in [0.25, 0.3) is 0 Å². The van der Waals surface area contributed by atoms with Crippen LogP contribution in [-0.4, -0.2) is 29.3 Å². The highest BCUT2D eigenvalue weighted by molar-refractivity contribution is 5.88. The first-order valence-corrected chi connectivity index (χ1v) is 8.36. The molecule has 1 aliphatic rings. The largest absolute Gasteiger partial charge is 0.298 e. The molecule has 1 aromatic carbocycles. The molecule has 2 rings (SSSR count). The molecule has 0 fully saturated rings. The van der Waals surface area contributed by atoms with Crippen molar-refractivity contribution < 1.29 is 4.79 Å². The minimum absolute atomic E-state index is 0.351. The highest BCUT2D eigenvalue weighted by atomic mass is 16.1. The van der Waals surface area contributed by atoms with Crippen LogP contribution < -0.4 is 0 Å². The highest BCUT2D eigenvalue weighted by Gasteiger charge is 2.34. The van der Waals surface area contributed by atoms with Gasteiger partial charge >= 0.3 is 0 Å². The van der Waals surface area contributed by atoms with Crippen molar-refractivity contribution in [2.24, 2.45) is 0 Å². The fraction of sp³-hybridized carbons (Fsp3) is 0.632. The summed E-state index contributed by atoms with van der Waals surface area (Å²) in [5, 5.41) is 0. The number of carbonyl (C=O) groups is 1. The molecule has 2 heteroatoms. The van der Waals surface area contributed by atoms with E-state index >= 15 is 0 Å². The van der Waals surface area contributed by atoms with Crippen molar-refractivity contribution in [2.75, 3.05) is 13.1 Å². The summed E-state index contributed by atoms with van der Waals surface area (Å²) in [5.74, 6) is 0.796. The maximum Gasteiger partial charge on any atom is 0.153 e. The van der Waals surface area contributed by atoms with Gasteiger partial charge in [-0.05, 0) is 63.2 Å². The van der Waals surface area contributed by atoms with E-state index in [4.69, 9.17) is 0 Å². The van der Waals surface area contributed by atoms with Crippen LogP contribution >= 0.6 is 0 Å². The van der Waals surface area contributed by atoms with Crippen molar-refractivity contribution in [3.05, 3.63) is 35.4 Å². The first-order valence-electron chi connectivity index (χ1n) is 8.36. The van der Waals surface area contributed by atoms with E-state index in [-0.39, 0.29) is 5.54 Å². The predicted octanol–water partition coefficient (Wildman–Crippen LogP) is 4.19. The normalized spacial score (nSPS) is 18.6. The van der Waals surface area contributed by atoms with Crippen molar-refractivity contribution in [2.45, 2.75) is 64.8 Å². The van der Waals surface area contributed by atoms with Gasteiger partial charge in [0, 0.05) is 6.42 Å². The lowest BCUT2D eigenvalue weighted by Crippen LogP contribution is -2.50. The molecule has 0 bridgehead atoms. The Balaban J connectivity index is 2.14. The Morgan fingerprint density at radius 3 is 2.57 bits per heavy atom. The van der Waals surface area contributed by atoms with Gasteiger partial charge in [0.1, 0.15) is 0 Å². The van der Waals surface area contributed by atoms with Gasteiger partial charge in [-0.2, -0.15) is 0 Å². The summed E-state index contributed by atoms with van der Waals surface area (Å²) < 4.78 is 0. The van der Waals surface area contributed by atoms with E-state index in [2.05, 4.69) is 56.9 Å².